The molecule has 1 saturated heterocycles. The third kappa shape index (κ3) is 5.36. The summed E-state index contributed by atoms with van der Waals surface area (Å²) in [7, 11) is 0. The highest BCUT2D eigenvalue weighted by Gasteiger charge is 2.22. The maximum atomic E-state index is 13.1. The predicted octanol–water partition coefficient (Wildman–Crippen LogP) is 5.71. The number of nitrogens with one attached hydrogen (secondary N) is 2. The van der Waals surface area contributed by atoms with Crippen LogP contribution in [0.1, 0.15) is 54.3 Å². The number of hydrogen-bond donors (Lipinski definition) is 2. The molecule has 33 heavy (non-hydrogen) atoms. The van der Waals surface area contributed by atoms with E-state index >= 15 is 0 Å². The molecular weight excluding hydrogens is 410 g/mol. The molecule has 0 aromatic heterocycles. The summed E-state index contributed by atoms with van der Waals surface area (Å²) < 4.78 is 0. The van der Waals surface area contributed by atoms with E-state index in [-0.39, 0.29) is 11.8 Å². The Balaban J connectivity index is 1.62. The zero-order chi connectivity index (χ0) is 23.4. The molecule has 4 rings (SSSR count). The quantitative estimate of drug-likeness (QED) is 0.513. The lowest BCUT2D eigenvalue weighted by Crippen LogP contribution is -2.35. The van der Waals surface area contributed by atoms with Crippen LogP contribution in [0.15, 0.2) is 60.7 Å². The number of hydrogen-bond acceptors (Lipinski definition) is 3. The molecule has 3 aromatic rings. The lowest BCUT2D eigenvalue weighted by Gasteiger charge is -2.33. The number of piperidine rings is 1. The Morgan fingerprint density at radius 2 is 1.67 bits per heavy atom. The van der Waals surface area contributed by atoms with Crippen molar-refractivity contribution in [3.05, 3.63) is 71.8 Å². The van der Waals surface area contributed by atoms with Gasteiger partial charge in [0.25, 0.3) is 11.8 Å². The molecule has 0 bridgehead atoms. The number of carbonyl (C=O) groups excluding carboxylic acids is 2. The monoisotopic (exact) mass is 443 g/mol. The second-order valence-corrected chi connectivity index (χ2v) is 9.49. The highest BCUT2D eigenvalue weighted by molar-refractivity contribution is 6.13. The average molecular weight is 444 g/mol. The first-order valence-corrected chi connectivity index (χ1v) is 11.9. The number of fused-ring (bicyclic) bond motifs is 1. The van der Waals surface area contributed by atoms with E-state index in [1.165, 1.54) is 0 Å². The fourth-order valence-electron chi connectivity index (χ4n) is 4.33. The third-order valence-electron chi connectivity index (χ3n) is 6.33. The summed E-state index contributed by atoms with van der Waals surface area (Å²) >= 11 is 0. The molecule has 0 atom stereocenters. The van der Waals surface area contributed by atoms with Crippen molar-refractivity contribution in [3.8, 4) is 0 Å². The average Bonchev–Trinajstić information content (AvgIpc) is 2.82. The molecule has 1 aliphatic heterocycles. The molecule has 2 amide bonds. The molecule has 0 aliphatic carbocycles. The summed E-state index contributed by atoms with van der Waals surface area (Å²) in [5.41, 5.74) is 2.79. The summed E-state index contributed by atoms with van der Waals surface area (Å²) in [6.07, 6.45) is 2.24. The summed E-state index contributed by atoms with van der Waals surface area (Å²) in [4.78, 5) is 28.5. The van der Waals surface area contributed by atoms with Crippen LogP contribution in [0.3, 0.4) is 0 Å². The van der Waals surface area contributed by atoms with Crippen molar-refractivity contribution in [2.75, 3.05) is 29.9 Å². The minimum atomic E-state index is -0.181. The zero-order valence-electron chi connectivity index (χ0n) is 19.7. The smallest absolute Gasteiger partial charge is 0.256 e. The summed E-state index contributed by atoms with van der Waals surface area (Å²) in [5, 5.41) is 7.99. The van der Waals surface area contributed by atoms with Gasteiger partial charge in [-0.3, -0.25) is 9.59 Å². The van der Waals surface area contributed by atoms with Crippen molar-refractivity contribution in [2.24, 2.45) is 11.8 Å². The van der Waals surface area contributed by atoms with E-state index in [9.17, 15) is 9.59 Å². The molecule has 0 saturated carbocycles. The molecule has 0 unspecified atom stereocenters. The Morgan fingerprint density at radius 1 is 0.939 bits per heavy atom. The fourth-order valence-corrected chi connectivity index (χ4v) is 4.33. The topological polar surface area (TPSA) is 61.4 Å². The van der Waals surface area contributed by atoms with Crippen molar-refractivity contribution < 1.29 is 9.59 Å². The van der Waals surface area contributed by atoms with Gasteiger partial charge in [-0.15, -0.1) is 0 Å². The summed E-state index contributed by atoms with van der Waals surface area (Å²) in [6.45, 7) is 8.92. The van der Waals surface area contributed by atoms with Gasteiger partial charge in [-0.2, -0.15) is 0 Å². The predicted molar refractivity (Wildman–Crippen MR) is 136 cm³/mol. The van der Waals surface area contributed by atoms with E-state index in [0.717, 1.165) is 42.4 Å². The normalized spacial score (nSPS) is 14.5. The van der Waals surface area contributed by atoms with E-state index in [4.69, 9.17) is 0 Å². The van der Waals surface area contributed by atoms with Crippen LogP contribution in [0.5, 0.6) is 0 Å². The van der Waals surface area contributed by atoms with Crippen molar-refractivity contribution in [1.82, 2.24) is 5.32 Å². The number of carbonyl (C=O) groups is 2. The van der Waals surface area contributed by atoms with Gasteiger partial charge in [0.15, 0.2) is 0 Å². The van der Waals surface area contributed by atoms with Crippen LogP contribution in [0.2, 0.25) is 0 Å². The third-order valence-corrected chi connectivity index (χ3v) is 6.33. The first-order valence-electron chi connectivity index (χ1n) is 11.9. The highest BCUT2D eigenvalue weighted by Crippen LogP contribution is 2.29. The van der Waals surface area contributed by atoms with Crippen molar-refractivity contribution in [1.29, 1.82) is 0 Å². The second-order valence-electron chi connectivity index (χ2n) is 9.49. The maximum Gasteiger partial charge on any atom is 0.256 e. The van der Waals surface area contributed by atoms with Gasteiger partial charge < -0.3 is 15.5 Å². The lowest BCUT2D eigenvalue weighted by atomic mass is 9.97. The van der Waals surface area contributed by atoms with Crippen molar-refractivity contribution in [3.63, 3.8) is 0 Å². The lowest BCUT2D eigenvalue weighted by molar-refractivity contribution is 0.0948. The van der Waals surface area contributed by atoms with E-state index < -0.39 is 0 Å². The van der Waals surface area contributed by atoms with Crippen LogP contribution in [-0.2, 0) is 0 Å². The minimum absolute atomic E-state index is 0.0985. The van der Waals surface area contributed by atoms with Crippen LogP contribution in [0.25, 0.3) is 10.8 Å². The molecule has 5 heteroatoms. The Labute approximate surface area is 196 Å². The Kier molecular flexibility index (Phi) is 6.97. The maximum absolute atomic E-state index is 13.1. The van der Waals surface area contributed by atoms with Gasteiger partial charge >= 0.3 is 0 Å². The van der Waals surface area contributed by atoms with E-state index in [1.807, 2.05) is 60.7 Å². The highest BCUT2D eigenvalue weighted by atomic mass is 16.2. The first-order chi connectivity index (χ1) is 15.9. The van der Waals surface area contributed by atoms with Crippen molar-refractivity contribution in [2.45, 2.75) is 33.6 Å². The Morgan fingerprint density at radius 3 is 2.42 bits per heavy atom. The minimum Gasteiger partial charge on any atom is -0.371 e. The Bertz CT molecular complexity index is 1140. The van der Waals surface area contributed by atoms with Gasteiger partial charge in [0.1, 0.15) is 0 Å². The molecule has 1 heterocycles. The molecule has 3 aromatic carbocycles. The zero-order valence-corrected chi connectivity index (χ0v) is 19.7. The van der Waals surface area contributed by atoms with Gasteiger partial charge in [0.05, 0.1) is 5.56 Å². The van der Waals surface area contributed by atoms with Gasteiger partial charge in [-0.25, -0.2) is 0 Å². The van der Waals surface area contributed by atoms with Crippen molar-refractivity contribution >= 4 is 34.0 Å². The van der Waals surface area contributed by atoms with Crippen LogP contribution in [-0.4, -0.2) is 31.4 Å². The number of rotatable bonds is 6. The number of amides is 2. The van der Waals surface area contributed by atoms with Gasteiger partial charge in [0, 0.05) is 36.6 Å². The molecule has 0 spiro atoms. The standard InChI is InChI=1S/C28H33N3O2/c1-19(2)18-29-27(32)25-17-22(11-12-26(25)31-15-13-20(3)14-16-31)30-28(33)24-10-6-8-21-7-4-5-9-23(21)24/h4-12,17,19-20H,13-16,18H2,1-3H3,(H,29,32)(H,30,33). The number of nitrogens with zero attached hydrogens (tertiary/aromatic N) is 1. The fraction of sp³-hybridized carbons (Fsp3) is 0.357. The number of anilines is 2. The molecule has 172 valence electrons. The molecule has 1 fully saturated rings. The van der Waals surface area contributed by atoms with Crippen LogP contribution in [0.4, 0.5) is 11.4 Å². The van der Waals surface area contributed by atoms with E-state index in [2.05, 4.69) is 36.3 Å². The Hall–Kier alpha value is -3.34. The SMILES string of the molecule is CC(C)CNC(=O)c1cc(NC(=O)c2cccc3ccccc23)ccc1N1CCC(C)CC1. The molecule has 2 N–H and O–H groups in total. The van der Waals surface area contributed by atoms with Crippen LogP contribution < -0.4 is 15.5 Å². The largest absolute Gasteiger partial charge is 0.371 e. The summed E-state index contributed by atoms with van der Waals surface area (Å²) in [6, 6.07) is 19.3. The van der Waals surface area contributed by atoms with Gasteiger partial charge in [-0.1, -0.05) is 57.2 Å². The van der Waals surface area contributed by atoms with Crippen LogP contribution in [0, 0.1) is 11.8 Å². The van der Waals surface area contributed by atoms with Crippen LogP contribution >= 0.6 is 0 Å². The second kappa shape index (κ2) is 10.1. The molecule has 0 radical (unpaired) electrons. The van der Waals surface area contributed by atoms with E-state index in [0.29, 0.717) is 35.2 Å². The molecule has 1 aliphatic rings. The first kappa shape index (κ1) is 22.8. The van der Waals surface area contributed by atoms with Gasteiger partial charge in [-0.05, 0) is 59.7 Å². The van der Waals surface area contributed by atoms with E-state index in [1.54, 1.807) is 0 Å². The number of benzene rings is 3. The molecular formula is C28H33N3O2. The molecule has 5 nitrogen and oxygen atoms in total. The van der Waals surface area contributed by atoms with Gasteiger partial charge in [0.2, 0.25) is 0 Å². The summed E-state index contributed by atoms with van der Waals surface area (Å²) in [5.74, 6) is 0.791.